The quantitative estimate of drug-likeness (QED) is 0.533. The molecule has 0 aliphatic heterocycles. The van der Waals surface area contributed by atoms with Crippen LogP contribution in [0.5, 0.6) is 0 Å². The predicted octanol–water partition coefficient (Wildman–Crippen LogP) is 3.23. The molecule has 6 heteroatoms. The van der Waals surface area contributed by atoms with Crippen molar-refractivity contribution in [1.82, 2.24) is 19.3 Å². The van der Waals surface area contributed by atoms with Gasteiger partial charge in [0.25, 0.3) is 5.56 Å². The molecule has 2 heterocycles. The number of rotatable bonds is 5. The zero-order valence-corrected chi connectivity index (χ0v) is 14.4. The molecule has 0 saturated heterocycles. The van der Waals surface area contributed by atoms with E-state index in [1.165, 1.54) is 11.1 Å². The molecule has 0 radical (unpaired) electrons. The summed E-state index contributed by atoms with van der Waals surface area (Å²) in [6.45, 7) is 7.37. The minimum atomic E-state index is -0.0588. The van der Waals surface area contributed by atoms with E-state index in [0.717, 1.165) is 17.5 Å². The molecule has 1 aromatic carbocycles. The van der Waals surface area contributed by atoms with Gasteiger partial charge in [0.2, 0.25) is 0 Å². The maximum absolute atomic E-state index is 12.6. The molecule has 0 N–H and O–H groups in total. The van der Waals surface area contributed by atoms with Crippen molar-refractivity contribution in [3.63, 3.8) is 0 Å². The second-order valence-corrected chi connectivity index (χ2v) is 6.38. The summed E-state index contributed by atoms with van der Waals surface area (Å²) in [4.78, 5) is 17.3. The molecular weight excluding hydrogens is 308 g/mol. The van der Waals surface area contributed by atoms with Crippen LogP contribution in [0.1, 0.15) is 25.0 Å². The lowest BCUT2D eigenvalue weighted by molar-refractivity contribution is 0.630. The fourth-order valence-electron chi connectivity index (χ4n) is 2.52. The Balaban J connectivity index is 1.97. The van der Waals surface area contributed by atoms with Crippen molar-refractivity contribution in [3.05, 3.63) is 51.9 Å². The molecule has 5 nitrogen and oxygen atoms in total. The van der Waals surface area contributed by atoms with E-state index in [4.69, 9.17) is 0 Å². The summed E-state index contributed by atoms with van der Waals surface area (Å²) < 4.78 is 3.46. The maximum Gasteiger partial charge on any atom is 0.282 e. The number of nitrogens with zero attached hydrogens (tertiary/aromatic N) is 4. The van der Waals surface area contributed by atoms with Crippen molar-refractivity contribution >= 4 is 22.8 Å². The zero-order valence-electron chi connectivity index (χ0n) is 13.6. The third-order valence-corrected chi connectivity index (χ3v) is 4.78. The van der Waals surface area contributed by atoms with Crippen LogP contribution in [-0.4, -0.2) is 19.3 Å². The van der Waals surface area contributed by atoms with E-state index in [2.05, 4.69) is 41.3 Å². The zero-order chi connectivity index (χ0) is 16.4. The van der Waals surface area contributed by atoms with Crippen LogP contribution in [0.15, 0.2) is 40.4 Å². The van der Waals surface area contributed by atoms with Crippen LogP contribution in [0.2, 0.25) is 0 Å². The molecule has 0 unspecified atom stereocenters. The maximum atomic E-state index is 12.6. The summed E-state index contributed by atoms with van der Waals surface area (Å²) in [6, 6.07) is 8.40. The third kappa shape index (κ3) is 3.17. The van der Waals surface area contributed by atoms with E-state index in [1.807, 2.05) is 20.0 Å². The van der Waals surface area contributed by atoms with Crippen LogP contribution in [0.3, 0.4) is 0 Å². The van der Waals surface area contributed by atoms with Gasteiger partial charge in [-0.2, -0.15) is 5.10 Å². The highest BCUT2D eigenvalue weighted by atomic mass is 32.2. The molecule has 0 aliphatic carbocycles. The molecule has 0 spiro atoms. The van der Waals surface area contributed by atoms with Gasteiger partial charge in [-0.25, -0.2) is 4.98 Å². The first-order valence-corrected chi connectivity index (χ1v) is 8.77. The average molecular weight is 328 g/mol. The van der Waals surface area contributed by atoms with Gasteiger partial charge in [0.1, 0.15) is 5.52 Å². The fourth-order valence-corrected chi connectivity index (χ4v) is 3.53. The summed E-state index contributed by atoms with van der Waals surface area (Å²) in [5, 5.41) is 5.07. The predicted molar refractivity (Wildman–Crippen MR) is 93.9 cm³/mol. The molecular formula is C17H20N4OS. The number of aryl methyl sites for hydroxylation is 2. The van der Waals surface area contributed by atoms with E-state index < -0.39 is 0 Å². The second kappa shape index (κ2) is 6.58. The molecule has 0 fully saturated rings. The van der Waals surface area contributed by atoms with Crippen LogP contribution >= 0.6 is 11.8 Å². The standard InChI is InChI=1S/C17H20N4OS/c1-4-20-10-14-15(19-20)16(22)21(5-2)17(18-14)23-11-13-8-6-7-12(3)9-13/h6-10H,4-5,11H2,1-3H3. The molecule has 23 heavy (non-hydrogen) atoms. The van der Waals surface area contributed by atoms with Gasteiger partial charge in [0.05, 0.1) is 6.20 Å². The highest BCUT2D eigenvalue weighted by molar-refractivity contribution is 7.98. The molecule has 0 aliphatic rings. The molecule has 3 aromatic rings. The lowest BCUT2D eigenvalue weighted by Crippen LogP contribution is -2.22. The molecule has 0 saturated carbocycles. The van der Waals surface area contributed by atoms with E-state index >= 15 is 0 Å². The topological polar surface area (TPSA) is 52.7 Å². The van der Waals surface area contributed by atoms with Crippen LogP contribution in [0.25, 0.3) is 11.0 Å². The van der Waals surface area contributed by atoms with Gasteiger partial charge < -0.3 is 0 Å². The normalized spacial score (nSPS) is 11.3. The number of hydrogen-bond donors (Lipinski definition) is 0. The van der Waals surface area contributed by atoms with Gasteiger partial charge in [-0.3, -0.25) is 14.0 Å². The first kappa shape index (κ1) is 15.8. The van der Waals surface area contributed by atoms with Crippen LogP contribution < -0.4 is 5.56 Å². The van der Waals surface area contributed by atoms with Crippen molar-refractivity contribution < 1.29 is 0 Å². The summed E-state index contributed by atoms with van der Waals surface area (Å²) >= 11 is 1.59. The highest BCUT2D eigenvalue weighted by Gasteiger charge is 2.13. The molecule has 3 rings (SSSR count). The van der Waals surface area contributed by atoms with Gasteiger partial charge in [0.15, 0.2) is 10.7 Å². The minimum absolute atomic E-state index is 0.0588. The lowest BCUT2D eigenvalue weighted by Gasteiger charge is -2.09. The first-order chi connectivity index (χ1) is 11.1. The Hall–Kier alpha value is -2.08. The lowest BCUT2D eigenvalue weighted by atomic mass is 10.2. The van der Waals surface area contributed by atoms with E-state index in [0.29, 0.717) is 17.6 Å². The Labute approximate surface area is 139 Å². The van der Waals surface area contributed by atoms with Crippen LogP contribution in [0.4, 0.5) is 0 Å². The minimum Gasteiger partial charge on any atom is -0.286 e. The summed E-state index contributed by atoms with van der Waals surface area (Å²) in [5.74, 6) is 0.793. The molecule has 120 valence electrons. The van der Waals surface area contributed by atoms with E-state index in [9.17, 15) is 4.79 Å². The Morgan fingerprint density at radius 2 is 2.04 bits per heavy atom. The highest BCUT2D eigenvalue weighted by Crippen LogP contribution is 2.22. The SMILES string of the molecule is CCn1cc2nc(SCc3cccc(C)c3)n(CC)c(=O)c2n1. The van der Waals surface area contributed by atoms with Crippen LogP contribution in [0, 0.1) is 6.92 Å². The largest absolute Gasteiger partial charge is 0.286 e. The van der Waals surface area contributed by atoms with E-state index in [1.54, 1.807) is 21.0 Å². The number of hydrogen-bond acceptors (Lipinski definition) is 4. The van der Waals surface area contributed by atoms with Gasteiger partial charge in [-0.05, 0) is 26.3 Å². The van der Waals surface area contributed by atoms with Crippen LogP contribution in [-0.2, 0) is 18.8 Å². The molecule has 0 atom stereocenters. The summed E-state index contributed by atoms with van der Waals surface area (Å²) in [6.07, 6.45) is 1.84. The molecule has 2 aromatic heterocycles. The number of fused-ring (bicyclic) bond motifs is 1. The van der Waals surface area contributed by atoms with Crippen molar-refractivity contribution in [2.45, 2.75) is 44.8 Å². The van der Waals surface area contributed by atoms with Crippen molar-refractivity contribution in [2.24, 2.45) is 0 Å². The molecule has 0 bridgehead atoms. The monoisotopic (exact) mass is 328 g/mol. The smallest absolute Gasteiger partial charge is 0.282 e. The Kier molecular flexibility index (Phi) is 4.52. The molecule has 0 amide bonds. The Bertz CT molecular complexity index is 897. The number of thioether (sulfide) groups is 1. The average Bonchev–Trinajstić information content (AvgIpc) is 2.97. The fraction of sp³-hybridized carbons (Fsp3) is 0.353. The summed E-state index contributed by atoms with van der Waals surface area (Å²) in [5.41, 5.74) is 3.54. The number of aromatic nitrogens is 4. The van der Waals surface area contributed by atoms with Gasteiger partial charge in [0, 0.05) is 18.8 Å². The summed E-state index contributed by atoms with van der Waals surface area (Å²) in [7, 11) is 0. The van der Waals surface area contributed by atoms with E-state index in [-0.39, 0.29) is 5.56 Å². The van der Waals surface area contributed by atoms with Gasteiger partial charge in [-0.15, -0.1) is 0 Å². The number of benzene rings is 1. The Morgan fingerprint density at radius 3 is 2.74 bits per heavy atom. The van der Waals surface area contributed by atoms with Gasteiger partial charge >= 0.3 is 0 Å². The second-order valence-electron chi connectivity index (χ2n) is 5.44. The van der Waals surface area contributed by atoms with Gasteiger partial charge in [-0.1, -0.05) is 41.6 Å². The Morgan fingerprint density at radius 1 is 1.22 bits per heavy atom. The first-order valence-electron chi connectivity index (χ1n) is 7.78. The van der Waals surface area contributed by atoms with Crippen molar-refractivity contribution in [3.8, 4) is 0 Å². The van der Waals surface area contributed by atoms with Crippen molar-refractivity contribution in [2.75, 3.05) is 0 Å². The van der Waals surface area contributed by atoms with Crippen molar-refractivity contribution in [1.29, 1.82) is 0 Å². The third-order valence-electron chi connectivity index (χ3n) is 3.73.